The largest absolute Gasteiger partial charge is 0.494 e. The SMILES string of the molecule is CCOc1ccc(Nc2ccnc(C(=O)NC3CCCCCC3)c2)cc1. The minimum absolute atomic E-state index is 0.0905. The van der Waals surface area contributed by atoms with E-state index in [1.54, 1.807) is 12.3 Å². The van der Waals surface area contributed by atoms with Crippen molar-refractivity contribution in [2.24, 2.45) is 0 Å². The molecule has 26 heavy (non-hydrogen) atoms. The van der Waals surface area contributed by atoms with E-state index in [0.717, 1.165) is 30.0 Å². The molecular formula is C21H27N3O2. The molecule has 5 heteroatoms. The number of benzene rings is 1. The third-order valence-corrected chi connectivity index (χ3v) is 4.64. The Morgan fingerprint density at radius 1 is 1.08 bits per heavy atom. The second-order valence-corrected chi connectivity index (χ2v) is 6.67. The highest BCUT2D eigenvalue weighted by molar-refractivity contribution is 5.93. The molecule has 2 N–H and O–H groups in total. The van der Waals surface area contributed by atoms with Crippen LogP contribution in [-0.4, -0.2) is 23.5 Å². The first-order valence-electron chi connectivity index (χ1n) is 9.51. The van der Waals surface area contributed by atoms with E-state index < -0.39 is 0 Å². The molecule has 1 fully saturated rings. The van der Waals surface area contributed by atoms with Crippen LogP contribution in [0.25, 0.3) is 0 Å². The number of pyridine rings is 1. The zero-order valence-corrected chi connectivity index (χ0v) is 15.3. The Hall–Kier alpha value is -2.56. The summed E-state index contributed by atoms with van der Waals surface area (Å²) in [6.45, 7) is 2.61. The maximum atomic E-state index is 12.5. The summed E-state index contributed by atoms with van der Waals surface area (Å²) in [5.41, 5.74) is 2.23. The summed E-state index contributed by atoms with van der Waals surface area (Å²) in [7, 11) is 0. The van der Waals surface area contributed by atoms with Gasteiger partial charge in [0.15, 0.2) is 0 Å². The smallest absolute Gasteiger partial charge is 0.270 e. The van der Waals surface area contributed by atoms with Crippen LogP contribution in [0, 0.1) is 0 Å². The molecule has 5 nitrogen and oxygen atoms in total. The van der Waals surface area contributed by atoms with Gasteiger partial charge in [0, 0.05) is 23.6 Å². The van der Waals surface area contributed by atoms with E-state index >= 15 is 0 Å². The summed E-state index contributed by atoms with van der Waals surface area (Å²) in [6, 6.07) is 11.7. The molecule has 1 saturated carbocycles. The highest BCUT2D eigenvalue weighted by Crippen LogP contribution is 2.21. The second-order valence-electron chi connectivity index (χ2n) is 6.67. The molecular weight excluding hydrogens is 326 g/mol. The first-order valence-corrected chi connectivity index (χ1v) is 9.51. The highest BCUT2D eigenvalue weighted by atomic mass is 16.5. The van der Waals surface area contributed by atoms with Gasteiger partial charge < -0.3 is 15.4 Å². The van der Waals surface area contributed by atoms with Gasteiger partial charge in [-0.05, 0) is 56.2 Å². The second kappa shape index (κ2) is 9.22. The van der Waals surface area contributed by atoms with Crippen LogP contribution in [0.4, 0.5) is 11.4 Å². The Kier molecular flexibility index (Phi) is 6.47. The maximum Gasteiger partial charge on any atom is 0.270 e. The molecule has 0 aliphatic heterocycles. The van der Waals surface area contributed by atoms with E-state index in [-0.39, 0.29) is 11.9 Å². The summed E-state index contributed by atoms with van der Waals surface area (Å²) >= 11 is 0. The van der Waals surface area contributed by atoms with Crippen molar-refractivity contribution in [3.8, 4) is 5.75 Å². The van der Waals surface area contributed by atoms with Crippen LogP contribution in [0.3, 0.4) is 0 Å². The number of nitrogens with one attached hydrogen (secondary N) is 2. The van der Waals surface area contributed by atoms with Gasteiger partial charge in [-0.15, -0.1) is 0 Å². The van der Waals surface area contributed by atoms with E-state index in [0.29, 0.717) is 12.3 Å². The molecule has 138 valence electrons. The van der Waals surface area contributed by atoms with E-state index in [4.69, 9.17) is 4.74 Å². The molecule has 0 unspecified atom stereocenters. The Bertz CT molecular complexity index is 707. The summed E-state index contributed by atoms with van der Waals surface area (Å²) in [5.74, 6) is 0.753. The number of hydrogen-bond acceptors (Lipinski definition) is 4. The zero-order chi connectivity index (χ0) is 18.2. The van der Waals surface area contributed by atoms with E-state index in [1.165, 1.54) is 25.7 Å². The van der Waals surface area contributed by atoms with Crippen molar-refractivity contribution in [1.29, 1.82) is 0 Å². The number of carbonyl (C=O) groups is 1. The van der Waals surface area contributed by atoms with Crippen LogP contribution in [-0.2, 0) is 0 Å². The van der Waals surface area contributed by atoms with Gasteiger partial charge in [0.25, 0.3) is 5.91 Å². The Balaban J connectivity index is 1.62. The van der Waals surface area contributed by atoms with Crippen molar-refractivity contribution in [3.05, 3.63) is 48.3 Å². The molecule has 0 saturated heterocycles. The average Bonchev–Trinajstić information content (AvgIpc) is 2.92. The predicted octanol–water partition coefficient (Wildman–Crippen LogP) is 4.68. The van der Waals surface area contributed by atoms with Gasteiger partial charge in [0.2, 0.25) is 0 Å². The molecule has 1 heterocycles. The van der Waals surface area contributed by atoms with Crippen molar-refractivity contribution >= 4 is 17.3 Å². The molecule has 1 aliphatic rings. The molecule has 2 aromatic rings. The van der Waals surface area contributed by atoms with Crippen LogP contribution in [0.1, 0.15) is 55.9 Å². The molecule has 0 spiro atoms. The van der Waals surface area contributed by atoms with Gasteiger partial charge >= 0.3 is 0 Å². The van der Waals surface area contributed by atoms with Crippen LogP contribution in [0.5, 0.6) is 5.75 Å². The van der Waals surface area contributed by atoms with Gasteiger partial charge in [-0.3, -0.25) is 9.78 Å². The lowest BCUT2D eigenvalue weighted by Crippen LogP contribution is -2.34. The van der Waals surface area contributed by atoms with Gasteiger partial charge in [-0.1, -0.05) is 25.7 Å². The number of anilines is 2. The van der Waals surface area contributed by atoms with Crippen LogP contribution < -0.4 is 15.4 Å². The lowest BCUT2D eigenvalue weighted by atomic mass is 10.1. The normalized spacial score (nSPS) is 15.1. The minimum Gasteiger partial charge on any atom is -0.494 e. The minimum atomic E-state index is -0.0905. The molecule has 1 amide bonds. The van der Waals surface area contributed by atoms with Crippen molar-refractivity contribution in [2.45, 2.75) is 51.5 Å². The molecule has 0 bridgehead atoms. The maximum absolute atomic E-state index is 12.5. The molecule has 1 aromatic heterocycles. The molecule has 1 aromatic carbocycles. The van der Waals surface area contributed by atoms with Crippen LogP contribution >= 0.6 is 0 Å². The molecule has 1 aliphatic carbocycles. The number of rotatable bonds is 6. The third-order valence-electron chi connectivity index (χ3n) is 4.64. The summed E-state index contributed by atoms with van der Waals surface area (Å²) in [4.78, 5) is 16.8. The van der Waals surface area contributed by atoms with Crippen molar-refractivity contribution in [2.75, 3.05) is 11.9 Å². The lowest BCUT2D eigenvalue weighted by Gasteiger charge is -2.16. The first kappa shape index (κ1) is 18.2. The molecule has 0 radical (unpaired) electrons. The predicted molar refractivity (Wildman–Crippen MR) is 104 cm³/mol. The van der Waals surface area contributed by atoms with Gasteiger partial charge in [-0.25, -0.2) is 0 Å². The molecule has 3 rings (SSSR count). The average molecular weight is 353 g/mol. The Morgan fingerprint density at radius 2 is 1.81 bits per heavy atom. The topological polar surface area (TPSA) is 63.2 Å². The summed E-state index contributed by atoms with van der Waals surface area (Å²) in [6.07, 6.45) is 8.72. The van der Waals surface area contributed by atoms with E-state index in [2.05, 4.69) is 15.6 Å². The monoisotopic (exact) mass is 353 g/mol. The standard InChI is InChI=1S/C21H27N3O2/c1-2-26-19-11-9-17(10-12-19)23-18-13-14-22-20(15-18)21(25)24-16-7-5-3-4-6-8-16/h9-16H,2-8H2,1H3,(H,22,23)(H,24,25). The van der Waals surface area contributed by atoms with Gasteiger partial charge in [-0.2, -0.15) is 0 Å². The lowest BCUT2D eigenvalue weighted by molar-refractivity contribution is 0.0928. The number of carbonyl (C=O) groups excluding carboxylic acids is 1. The number of ether oxygens (including phenoxy) is 1. The summed E-state index contributed by atoms with van der Waals surface area (Å²) < 4.78 is 5.45. The zero-order valence-electron chi connectivity index (χ0n) is 15.3. The highest BCUT2D eigenvalue weighted by Gasteiger charge is 2.16. The first-order chi connectivity index (χ1) is 12.7. The number of aromatic nitrogens is 1. The number of amides is 1. The number of hydrogen-bond donors (Lipinski definition) is 2. The quantitative estimate of drug-likeness (QED) is 0.740. The fourth-order valence-electron chi connectivity index (χ4n) is 3.28. The van der Waals surface area contributed by atoms with Crippen molar-refractivity contribution < 1.29 is 9.53 Å². The van der Waals surface area contributed by atoms with Crippen molar-refractivity contribution in [1.82, 2.24) is 10.3 Å². The third kappa shape index (κ3) is 5.22. The summed E-state index contributed by atoms with van der Waals surface area (Å²) in [5, 5.41) is 6.45. The van der Waals surface area contributed by atoms with Gasteiger partial charge in [0.1, 0.15) is 11.4 Å². The Morgan fingerprint density at radius 3 is 2.50 bits per heavy atom. The van der Waals surface area contributed by atoms with E-state index in [9.17, 15) is 4.79 Å². The van der Waals surface area contributed by atoms with Crippen molar-refractivity contribution in [3.63, 3.8) is 0 Å². The van der Waals surface area contributed by atoms with E-state index in [1.807, 2.05) is 37.3 Å². The number of nitrogens with zero attached hydrogens (tertiary/aromatic N) is 1. The fraction of sp³-hybridized carbons (Fsp3) is 0.429. The van der Waals surface area contributed by atoms with Crippen LogP contribution in [0.15, 0.2) is 42.6 Å². The van der Waals surface area contributed by atoms with Gasteiger partial charge in [0.05, 0.1) is 6.61 Å². The molecule has 0 atom stereocenters. The Labute approximate surface area is 155 Å². The fourth-order valence-corrected chi connectivity index (χ4v) is 3.28. The van der Waals surface area contributed by atoms with Crippen LogP contribution in [0.2, 0.25) is 0 Å².